The number of esters is 1. The van der Waals surface area contributed by atoms with Crippen molar-refractivity contribution in [1.82, 2.24) is 4.98 Å². The van der Waals surface area contributed by atoms with E-state index in [1.54, 1.807) is 18.3 Å². The number of nitrogens with zero attached hydrogens (tertiary/aromatic N) is 2. The van der Waals surface area contributed by atoms with Crippen LogP contribution in [0.25, 0.3) is 0 Å². The quantitative estimate of drug-likeness (QED) is 0.556. The van der Waals surface area contributed by atoms with Gasteiger partial charge in [0.1, 0.15) is 30.3 Å². The zero-order valence-corrected chi connectivity index (χ0v) is 14.9. The molecule has 0 atom stereocenters. The number of anilines is 1. The van der Waals surface area contributed by atoms with Crippen molar-refractivity contribution in [3.63, 3.8) is 0 Å². The van der Waals surface area contributed by atoms with Crippen molar-refractivity contribution in [1.29, 1.82) is 0 Å². The number of halogens is 1. The highest BCUT2D eigenvalue weighted by molar-refractivity contribution is 9.10. The van der Waals surface area contributed by atoms with Crippen LogP contribution < -0.4 is 9.64 Å². The number of ether oxygens (including phenoxy) is 2. The van der Waals surface area contributed by atoms with E-state index in [0.717, 1.165) is 36.2 Å². The lowest BCUT2D eigenvalue weighted by atomic mass is 10.2. The van der Waals surface area contributed by atoms with Gasteiger partial charge in [0.15, 0.2) is 0 Å². The second-order valence-corrected chi connectivity index (χ2v) is 6.43. The number of pyridine rings is 1. The summed E-state index contributed by atoms with van der Waals surface area (Å²) in [6.45, 7) is 2.37. The molecule has 2 heterocycles. The van der Waals surface area contributed by atoms with Gasteiger partial charge in [-0.15, -0.1) is 0 Å². The minimum absolute atomic E-state index is 0.194. The molecule has 0 aliphatic carbocycles. The largest absolute Gasteiger partial charge is 0.490 e. The molecule has 24 heavy (non-hydrogen) atoms. The zero-order valence-electron chi connectivity index (χ0n) is 13.3. The Labute approximate surface area is 149 Å². The Hall–Kier alpha value is -2.08. The summed E-state index contributed by atoms with van der Waals surface area (Å²) >= 11 is 3.39. The molecule has 1 aliphatic rings. The Balaban J connectivity index is 1.54. The normalized spacial score (nSPS) is 13.8. The number of carbonyl (C=O) groups is 1. The van der Waals surface area contributed by atoms with Crippen LogP contribution in [-0.2, 0) is 4.74 Å². The van der Waals surface area contributed by atoms with Gasteiger partial charge in [-0.05, 0) is 43.2 Å². The molecule has 1 fully saturated rings. The molecule has 2 aromatic rings. The van der Waals surface area contributed by atoms with Gasteiger partial charge in [0.2, 0.25) is 0 Å². The van der Waals surface area contributed by atoms with Gasteiger partial charge in [-0.2, -0.15) is 0 Å². The van der Waals surface area contributed by atoms with E-state index < -0.39 is 0 Å². The Bertz CT molecular complexity index is 702. The number of hydrogen-bond donors (Lipinski definition) is 0. The first-order valence-corrected chi connectivity index (χ1v) is 8.79. The molecule has 126 valence electrons. The van der Waals surface area contributed by atoms with E-state index in [-0.39, 0.29) is 12.6 Å². The van der Waals surface area contributed by atoms with Crippen molar-refractivity contribution in [2.45, 2.75) is 12.8 Å². The first-order chi connectivity index (χ1) is 11.7. The van der Waals surface area contributed by atoms with Crippen molar-refractivity contribution in [3.8, 4) is 5.75 Å². The number of aromatic nitrogens is 1. The number of hydrogen-bond acceptors (Lipinski definition) is 5. The maximum absolute atomic E-state index is 12.3. The average Bonchev–Trinajstić information content (AvgIpc) is 3.13. The fraction of sp³-hybridized carbons (Fsp3) is 0.333. The standard InChI is InChI=1S/C18H19BrN2O3/c19-14-5-3-6-15(13-14)23-11-12-24-18(22)16-7-4-8-20-17(16)21-9-1-2-10-21/h3-8,13H,1-2,9-12H2. The topological polar surface area (TPSA) is 51.7 Å². The Morgan fingerprint density at radius 2 is 2.00 bits per heavy atom. The summed E-state index contributed by atoms with van der Waals surface area (Å²) in [7, 11) is 0. The molecule has 1 aromatic carbocycles. The predicted octanol–water partition coefficient (Wildman–Crippen LogP) is 3.68. The lowest BCUT2D eigenvalue weighted by molar-refractivity contribution is 0.0450. The molecule has 1 aliphatic heterocycles. The predicted molar refractivity (Wildman–Crippen MR) is 95.6 cm³/mol. The monoisotopic (exact) mass is 390 g/mol. The average molecular weight is 391 g/mol. The summed E-state index contributed by atoms with van der Waals surface area (Å²) in [6.07, 6.45) is 3.97. The van der Waals surface area contributed by atoms with Gasteiger partial charge in [-0.25, -0.2) is 9.78 Å². The van der Waals surface area contributed by atoms with Crippen LogP contribution in [0.1, 0.15) is 23.2 Å². The van der Waals surface area contributed by atoms with Crippen molar-refractivity contribution in [2.75, 3.05) is 31.2 Å². The Morgan fingerprint density at radius 3 is 2.79 bits per heavy atom. The third kappa shape index (κ3) is 4.26. The number of rotatable bonds is 6. The molecule has 3 rings (SSSR count). The molecular formula is C18H19BrN2O3. The fourth-order valence-electron chi connectivity index (χ4n) is 2.67. The summed E-state index contributed by atoms with van der Waals surface area (Å²) in [5.41, 5.74) is 0.516. The minimum Gasteiger partial charge on any atom is -0.490 e. The van der Waals surface area contributed by atoms with E-state index in [4.69, 9.17) is 9.47 Å². The highest BCUT2D eigenvalue weighted by Gasteiger charge is 2.21. The van der Waals surface area contributed by atoms with Crippen molar-refractivity contribution in [3.05, 3.63) is 52.6 Å². The smallest absolute Gasteiger partial charge is 0.342 e. The van der Waals surface area contributed by atoms with E-state index >= 15 is 0 Å². The van der Waals surface area contributed by atoms with Crippen LogP contribution in [0, 0.1) is 0 Å². The molecule has 0 saturated carbocycles. The molecule has 0 amide bonds. The van der Waals surface area contributed by atoms with Gasteiger partial charge >= 0.3 is 5.97 Å². The Kier molecular flexibility index (Phi) is 5.69. The van der Waals surface area contributed by atoms with Gasteiger partial charge < -0.3 is 14.4 Å². The van der Waals surface area contributed by atoms with Crippen molar-refractivity contribution in [2.24, 2.45) is 0 Å². The summed E-state index contributed by atoms with van der Waals surface area (Å²) in [4.78, 5) is 18.8. The second-order valence-electron chi connectivity index (χ2n) is 5.51. The van der Waals surface area contributed by atoms with Crippen LogP contribution >= 0.6 is 15.9 Å². The molecule has 0 spiro atoms. The van der Waals surface area contributed by atoms with E-state index in [2.05, 4.69) is 25.8 Å². The van der Waals surface area contributed by atoms with E-state index in [0.29, 0.717) is 18.0 Å². The third-order valence-corrected chi connectivity index (χ3v) is 4.29. The van der Waals surface area contributed by atoms with Crippen molar-refractivity contribution < 1.29 is 14.3 Å². The first kappa shape index (κ1) is 16.8. The lowest BCUT2D eigenvalue weighted by Crippen LogP contribution is -2.23. The van der Waals surface area contributed by atoms with Gasteiger partial charge in [0.25, 0.3) is 0 Å². The molecule has 1 saturated heterocycles. The molecule has 0 N–H and O–H groups in total. The molecule has 5 nitrogen and oxygen atoms in total. The zero-order chi connectivity index (χ0) is 16.8. The highest BCUT2D eigenvalue weighted by atomic mass is 79.9. The summed E-state index contributed by atoms with van der Waals surface area (Å²) in [5, 5.41) is 0. The van der Waals surface area contributed by atoms with E-state index in [1.165, 1.54) is 0 Å². The molecular weight excluding hydrogens is 372 g/mol. The van der Waals surface area contributed by atoms with E-state index in [1.807, 2.05) is 24.3 Å². The van der Waals surface area contributed by atoms with Crippen LogP contribution in [0.2, 0.25) is 0 Å². The summed E-state index contributed by atoms with van der Waals surface area (Å²) in [5.74, 6) is 1.09. The Morgan fingerprint density at radius 1 is 1.17 bits per heavy atom. The first-order valence-electron chi connectivity index (χ1n) is 7.99. The molecule has 6 heteroatoms. The molecule has 0 radical (unpaired) electrons. The van der Waals surface area contributed by atoms with Crippen LogP contribution in [0.5, 0.6) is 5.75 Å². The van der Waals surface area contributed by atoms with Gasteiger partial charge in [0.05, 0.1) is 0 Å². The van der Waals surface area contributed by atoms with Crippen LogP contribution in [0.3, 0.4) is 0 Å². The van der Waals surface area contributed by atoms with E-state index in [9.17, 15) is 4.79 Å². The summed E-state index contributed by atoms with van der Waals surface area (Å²) in [6, 6.07) is 11.1. The maximum Gasteiger partial charge on any atom is 0.342 e. The maximum atomic E-state index is 12.3. The molecule has 1 aromatic heterocycles. The molecule has 0 bridgehead atoms. The fourth-order valence-corrected chi connectivity index (χ4v) is 3.04. The second kappa shape index (κ2) is 8.15. The van der Waals surface area contributed by atoms with Crippen LogP contribution in [0.15, 0.2) is 47.1 Å². The summed E-state index contributed by atoms with van der Waals surface area (Å²) < 4.78 is 11.9. The SMILES string of the molecule is O=C(OCCOc1cccc(Br)c1)c1cccnc1N1CCCC1. The number of carbonyl (C=O) groups excluding carboxylic acids is 1. The van der Waals surface area contributed by atoms with Crippen molar-refractivity contribution >= 4 is 27.7 Å². The van der Waals surface area contributed by atoms with Crippen LogP contribution in [-0.4, -0.2) is 37.3 Å². The lowest BCUT2D eigenvalue weighted by Gasteiger charge is -2.19. The molecule has 0 unspecified atom stereocenters. The third-order valence-electron chi connectivity index (χ3n) is 3.79. The number of benzene rings is 1. The highest BCUT2D eigenvalue weighted by Crippen LogP contribution is 2.22. The minimum atomic E-state index is -0.358. The van der Waals surface area contributed by atoms with Gasteiger partial charge in [-0.1, -0.05) is 22.0 Å². The van der Waals surface area contributed by atoms with Gasteiger partial charge in [-0.3, -0.25) is 0 Å². The van der Waals surface area contributed by atoms with Gasteiger partial charge in [0, 0.05) is 23.8 Å². The van der Waals surface area contributed by atoms with Crippen LogP contribution in [0.4, 0.5) is 5.82 Å².